The van der Waals surface area contributed by atoms with Crippen LogP contribution in [-0.2, 0) is 14.3 Å². The highest BCUT2D eigenvalue weighted by Gasteiger charge is 2.44. The molecule has 6 atom stereocenters. The van der Waals surface area contributed by atoms with Crippen molar-refractivity contribution in [3.05, 3.63) is 12.2 Å². The van der Waals surface area contributed by atoms with Gasteiger partial charge in [0.05, 0.1) is 12.7 Å². The second-order valence-corrected chi connectivity index (χ2v) is 8.81. The molecule has 0 aromatic carbocycles. The first-order valence-electron chi connectivity index (χ1n) is 12.2. The fourth-order valence-corrected chi connectivity index (χ4v) is 3.83. The molecular formula is C24H44O8. The average molecular weight is 461 g/mol. The molecule has 1 rings (SSSR count). The highest BCUT2D eigenvalue weighted by molar-refractivity contribution is 5.66. The van der Waals surface area contributed by atoms with E-state index in [4.69, 9.17) is 14.6 Å². The number of hydrogen-bond acceptors (Lipinski definition) is 7. The second kappa shape index (κ2) is 17.4. The van der Waals surface area contributed by atoms with Crippen molar-refractivity contribution in [1.29, 1.82) is 0 Å². The minimum absolute atomic E-state index is 0.166. The molecule has 1 aliphatic rings. The number of carboxylic acid groups (broad SMARTS) is 1. The number of unbranched alkanes of at least 4 members (excludes halogenated alkanes) is 9. The highest BCUT2D eigenvalue weighted by atomic mass is 16.7. The van der Waals surface area contributed by atoms with Gasteiger partial charge in [-0.3, -0.25) is 4.79 Å². The lowest BCUT2D eigenvalue weighted by atomic mass is 9.99. The van der Waals surface area contributed by atoms with E-state index in [1.807, 2.05) is 6.92 Å². The highest BCUT2D eigenvalue weighted by Crippen LogP contribution is 2.24. The Hall–Kier alpha value is -1.03. The smallest absolute Gasteiger partial charge is 0.303 e. The number of carbonyl (C=O) groups is 1. The first-order chi connectivity index (χ1) is 15.4. The minimum Gasteiger partial charge on any atom is -0.481 e. The van der Waals surface area contributed by atoms with Gasteiger partial charge >= 0.3 is 5.97 Å². The average Bonchev–Trinajstić information content (AvgIpc) is 2.76. The summed E-state index contributed by atoms with van der Waals surface area (Å²) in [6.07, 6.45) is 11.0. The summed E-state index contributed by atoms with van der Waals surface area (Å²) in [7, 11) is 0. The van der Waals surface area contributed by atoms with Crippen LogP contribution < -0.4 is 0 Å². The maximum absolute atomic E-state index is 10.4. The van der Waals surface area contributed by atoms with Gasteiger partial charge in [-0.25, -0.2) is 0 Å². The van der Waals surface area contributed by atoms with Crippen LogP contribution in [0.15, 0.2) is 12.2 Å². The van der Waals surface area contributed by atoms with Crippen LogP contribution in [0.25, 0.3) is 0 Å². The molecule has 0 radical (unpaired) electrons. The Kier molecular flexibility index (Phi) is 15.8. The second-order valence-electron chi connectivity index (χ2n) is 8.81. The minimum atomic E-state index is -1.41. The van der Waals surface area contributed by atoms with E-state index >= 15 is 0 Å². The van der Waals surface area contributed by atoms with Crippen LogP contribution in [0.2, 0.25) is 0 Å². The summed E-state index contributed by atoms with van der Waals surface area (Å²) in [4.78, 5) is 10.4. The van der Waals surface area contributed by atoms with E-state index in [1.165, 1.54) is 0 Å². The number of aliphatic hydroxyl groups is 4. The molecule has 0 aromatic rings. The molecule has 1 saturated heterocycles. The Bertz CT molecular complexity index is 510. The van der Waals surface area contributed by atoms with Crippen molar-refractivity contribution in [3.63, 3.8) is 0 Å². The Morgan fingerprint density at radius 2 is 1.44 bits per heavy atom. The monoisotopic (exact) mass is 460 g/mol. The van der Waals surface area contributed by atoms with Gasteiger partial charge in [-0.15, -0.1) is 0 Å². The van der Waals surface area contributed by atoms with Crippen molar-refractivity contribution >= 4 is 5.97 Å². The van der Waals surface area contributed by atoms with Crippen molar-refractivity contribution in [2.24, 2.45) is 0 Å². The molecule has 0 amide bonds. The molecule has 5 N–H and O–H groups in total. The third-order valence-electron chi connectivity index (χ3n) is 5.87. The first-order valence-corrected chi connectivity index (χ1v) is 12.2. The summed E-state index contributed by atoms with van der Waals surface area (Å²) in [5.74, 6) is -0.705. The van der Waals surface area contributed by atoms with Crippen LogP contribution >= 0.6 is 0 Å². The van der Waals surface area contributed by atoms with Crippen LogP contribution in [-0.4, -0.2) is 74.9 Å². The molecule has 188 valence electrons. The molecule has 8 nitrogen and oxygen atoms in total. The molecule has 0 spiro atoms. The lowest BCUT2D eigenvalue weighted by Crippen LogP contribution is -2.59. The van der Waals surface area contributed by atoms with E-state index < -0.39 is 43.3 Å². The Morgan fingerprint density at radius 3 is 2.03 bits per heavy atom. The van der Waals surface area contributed by atoms with E-state index in [-0.39, 0.29) is 12.5 Å². The van der Waals surface area contributed by atoms with Gasteiger partial charge in [0.25, 0.3) is 0 Å². The zero-order valence-electron chi connectivity index (χ0n) is 19.5. The summed E-state index contributed by atoms with van der Waals surface area (Å²) >= 11 is 0. The van der Waals surface area contributed by atoms with Crippen LogP contribution in [0.4, 0.5) is 0 Å². The number of aliphatic hydroxyl groups excluding tert-OH is 4. The Morgan fingerprint density at radius 1 is 0.875 bits per heavy atom. The van der Waals surface area contributed by atoms with Gasteiger partial charge in [0.1, 0.15) is 24.4 Å². The number of aliphatic carboxylic acids is 1. The first kappa shape index (κ1) is 29.0. The van der Waals surface area contributed by atoms with E-state index in [9.17, 15) is 25.2 Å². The van der Waals surface area contributed by atoms with E-state index in [1.54, 1.807) is 0 Å². The quantitative estimate of drug-likeness (QED) is 0.156. The fourth-order valence-electron chi connectivity index (χ4n) is 3.83. The predicted octanol–water partition coefficient (Wildman–Crippen LogP) is 2.90. The molecule has 0 saturated carbocycles. The van der Waals surface area contributed by atoms with Gasteiger partial charge in [-0.2, -0.15) is 0 Å². The Labute approximate surface area is 192 Å². The predicted molar refractivity (Wildman–Crippen MR) is 121 cm³/mol. The zero-order chi connectivity index (χ0) is 23.8. The number of carboxylic acids is 1. The van der Waals surface area contributed by atoms with E-state index in [0.717, 1.165) is 77.0 Å². The van der Waals surface area contributed by atoms with Crippen LogP contribution in [0.1, 0.15) is 90.4 Å². The fraction of sp³-hybridized carbons (Fsp3) is 0.875. The van der Waals surface area contributed by atoms with Crippen LogP contribution in [0.5, 0.6) is 0 Å². The van der Waals surface area contributed by atoms with Crippen molar-refractivity contribution in [1.82, 2.24) is 0 Å². The van der Waals surface area contributed by atoms with Gasteiger partial charge in [-0.05, 0) is 45.4 Å². The van der Waals surface area contributed by atoms with E-state index in [2.05, 4.69) is 12.2 Å². The van der Waals surface area contributed by atoms with Crippen molar-refractivity contribution in [2.45, 2.75) is 127 Å². The number of allylic oxidation sites excluding steroid dienone is 2. The molecule has 0 aliphatic carbocycles. The van der Waals surface area contributed by atoms with E-state index in [0.29, 0.717) is 0 Å². The van der Waals surface area contributed by atoms with Gasteiger partial charge in [-0.1, -0.05) is 50.7 Å². The lowest BCUT2D eigenvalue weighted by molar-refractivity contribution is -0.310. The molecular weight excluding hydrogens is 416 g/mol. The van der Waals surface area contributed by atoms with Crippen LogP contribution in [0, 0.1) is 0 Å². The summed E-state index contributed by atoms with van der Waals surface area (Å²) in [6.45, 7) is 1.43. The van der Waals surface area contributed by atoms with Gasteiger partial charge in [0.2, 0.25) is 0 Å². The molecule has 2 unspecified atom stereocenters. The largest absolute Gasteiger partial charge is 0.481 e. The lowest BCUT2D eigenvalue weighted by Gasteiger charge is -2.40. The summed E-state index contributed by atoms with van der Waals surface area (Å²) in [5, 5.41) is 47.4. The SMILES string of the molecule is CC(CCCCCC/C=C\CCCCCCCC(=O)O)OC1O[C@H](CO)[C@@H](O)[C@H](O)[C@H]1O. The van der Waals surface area contributed by atoms with Crippen molar-refractivity contribution in [2.75, 3.05) is 6.61 Å². The maximum Gasteiger partial charge on any atom is 0.303 e. The van der Waals surface area contributed by atoms with Crippen LogP contribution in [0.3, 0.4) is 0 Å². The maximum atomic E-state index is 10.4. The molecule has 0 aromatic heterocycles. The van der Waals surface area contributed by atoms with Crippen molar-refractivity contribution < 1.29 is 39.8 Å². The molecule has 1 heterocycles. The van der Waals surface area contributed by atoms with Gasteiger partial charge in [0, 0.05) is 6.42 Å². The third-order valence-corrected chi connectivity index (χ3v) is 5.87. The summed E-state index contributed by atoms with van der Waals surface area (Å²) < 4.78 is 11.1. The molecule has 1 aliphatic heterocycles. The topological polar surface area (TPSA) is 137 Å². The summed E-state index contributed by atoms with van der Waals surface area (Å²) in [5.41, 5.74) is 0. The number of hydrogen-bond donors (Lipinski definition) is 5. The molecule has 32 heavy (non-hydrogen) atoms. The van der Waals surface area contributed by atoms with Crippen molar-refractivity contribution in [3.8, 4) is 0 Å². The van der Waals surface area contributed by atoms with Gasteiger partial charge in [0.15, 0.2) is 6.29 Å². The number of rotatable bonds is 18. The third kappa shape index (κ3) is 12.3. The summed E-state index contributed by atoms with van der Waals surface area (Å²) in [6, 6.07) is 0. The normalized spacial score (nSPS) is 27.1. The van der Waals surface area contributed by atoms with Gasteiger partial charge < -0.3 is 35.0 Å². The zero-order valence-corrected chi connectivity index (χ0v) is 19.5. The Balaban J connectivity index is 1.98. The molecule has 1 fully saturated rings. The standard InChI is InChI=1S/C24H44O8/c1-18(31-24-23(30)22(29)21(28)19(17-25)32-24)15-13-11-9-7-5-3-2-4-6-8-10-12-14-16-20(26)27/h2-3,18-19,21-25,28-30H,4-17H2,1H3,(H,26,27)/b3-2-/t18?,19-,21-,22+,23-,24?/m1/s1. The molecule has 8 heteroatoms. The number of ether oxygens (including phenoxy) is 2. The molecule has 0 bridgehead atoms.